The Labute approximate surface area is 174 Å². The Kier molecular flexibility index (Phi) is 10.6. The third-order valence-electron chi connectivity index (χ3n) is 4.25. The van der Waals surface area contributed by atoms with Gasteiger partial charge in [-0.3, -0.25) is 0 Å². The fourth-order valence-electron chi connectivity index (χ4n) is 2.34. The van der Waals surface area contributed by atoms with Gasteiger partial charge in [-0.2, -0.15) is 47.0 Å². The minimum absolute atomic E-state index is 0.854. The van der Waals surface area contributed by atoms with Crippen molar-refractivity contribution >= 4 is 70.6 Å². The first kappa shape index (κ1) is 20.6. The minimum Gasteiger partial charge on any atom is -0.161 e. The van der Waals surface area contributed by atoms with E-state index in [1.807, 2.05) is 0 Å². The van der Waals surface area contributed by atoms with Gasteiger partial charge in [0, 0.05) is 50.4 Å². The van der Waals surface area contributed by atoms with E-state index in [-0.39, 0.29) is 0 Å². The monoisotopic (exact) mass is 438 g/mol. The van der Waals surface area contributed by atoms with E-state index in [9.17, 15) is 0 Å². The van der Waals surface area contributed by atoms with Crippen LogP contribution in [0, 0.1) is 11.8 Å². The van der Waals surface area contributed by atoms with Gasteiger partial charge < -0.3 is 0 Å². The highest BCUT2D eigenvalue weighted by Crippen LogP contribution is 2.35. The molecule has 0 amide bonds. The zero-order valence-electron chi connectivity index (χ0n) is 14.5. The van der Waals surface area contributed by atoms with Crippen LogP contribution in [0.3, 0.4) is 0 Å². The first-order chi connectivity index (χ1) is 11.9. The molecule has 0 spiro atoms. The molecule has 0 bridgehead atoms. The Morgan fingerprint density at radius 2 is 1.46 bits per heavy atom. The maximum absolute atomic E-state index is 2.46. The number of thioether (sulfide) groups is 6. The summed E-state index contributed by atoms with van der Waals surface area (Å²) in [6, 6.07) is 0. The van der Waals surface area contributed by atoms with Crippen LogP contribution in [0.15, 0.2) is 10.3 Å². The van der Waals surface area contributed by atoms with Crippen molar-refractivity contribution < 1.29 is 0 Å². The van der Waals surface area contributed by atoms with Crippen LogP contribution >= 0.6 is 70.6 Å². The van der Waals surface area contributed by atoms with Gasteiger partial charge in [0.15, 0.2) is 0 Å². The molecule has 138 valence electrons. The molecule has 1 heterocycles. The average Bonchev–Trinajstić information content (AvgIpc) is 3.47. The van der Waals surface area contributed by atoms with Gasteiger partial charge in [-0.05, 0) is 54.4 Å². The molecule has 0 aromatic heterocycles. The molecule has 1 atom stereocenters. The second-order valence-corrected chi connectivity index (χ2v) is 13.7. The van der Waals surface area contributed by atoms with Crippen molar-refractivity contribution in [3.63, 3.8) is 0 Å². The normalized spacial score (nSPS) is 24.7. The molecule has 0 radical (unpaired) electrons. The lowest BCUT2D eigenvalue weighted by molar-refractivity contribution is 1.00. The highest BCUT2D eigenvalue weighted by molar-refractivity contribution is 8.10. The van der Waals surface area contributed by atoms with Crippen molar-refractivity contribution in [2.24, 2.45) is 11.8 Å². The van der Waals surface area contributed by atoms with Crippen molar-refractivity contribution in [2.75, 3.05) is 51.8 Å². The molecule has 6 heteroatoms. The Morgan fingerprint density at radius 3 is 2.12 bits per heavy atom. The van der Waals surface area contributed by atoms with E-state index < -0.39 is 0 Å². The summed E-state index contributed by atoms with van der Waals surface area (Å²) in [5, 5.41) is 3.31. The Morgan fingerprint density at radius 1 is 0.833 bits per heavy atom. The molecule has 1 aliphatic heterocycles. The van der Waals surface area contributed by atoms with Gasteiger partial charge in [0.2, 0.25) is 0 Å². The van der Waals surface area contributed by atoms with E-state index in [1.165, 1.54) is 77.5 Å². The van der Waals surface area contributed by atoms with Gasteiger partial charge in [0.05, 0.1) is 0 Å². The number of hydrogen-bond donors (Lipinski definition) is 0. The molecule has 24 heavy (non-hydrogen) atoms. The molecule has 2 aliphatic carbocycles. The molecule has 0 aromatic rings. The van der Waals surface area contributed by atoms with E-state index in [4.69, 9.17) is 0 Å². The third kappa shape index (κ3) is 9.68. The van der Waals surface area contributed by atoms with Gasteiger partial charge in [0.25, 0.3) is 0 Å². The SMILES string of the molecule is C1=C(SCCSCC2CC2)CSC(CSCCSCC2CC2)CS1. The summed E-state index contributed by atoms with van der Waals surface area (Å²) in [4.78, 5) is 1.63. The first-order valence-corrected chi connectivity index (χ1v) is 15.7. The van der Waals surface area contributed by atoms with Gasteiger partial charge in [-0.1, -0.05) is 0 Å². The van der Waals surface area contributed by atoms with E-state index >= 15 is 0 Å². The van der Waals surface area contributed by atoms with E-state index in [0.29, 0.717) is 0 Å². The zero-order valence-corrected chi connectivity index (χ0v) is 19.4. The predicted octanol–water partition coefficient (Wildman–Crippen LogP) is 6.43. The number of rotatable bonds is 13. The van der Waals surface area contributed by atoms with Crippen molar-refractivity contribution in [3.05, 3.63) is 10.3 Å². The quantitative estimate of drug-likeness (QED) is 0.302. The molecule has 0 nitrogen and oxygen atoms in total. The van der Waals surface area contributed by atoms with Crippen molar-refractivity contribution in [1.82, 2.24) is 0 Å². The zero-order chi connectivity index (χ0) is 16.5. The molecule has 2 fully saturated rings. The molecule has 3 aliphatic rings. The third-order valence-corrected chi connectivity index (χ3v) is 12.4. The largest absolute Gasteiger partial charge is 0.161 e. The van der Waals surface area contributed by atoms with Gasteiger partial charge in [-0.25, -0.2) is 0 Å². The van der Waals surface area contributed by atoms with Crippen molar-refractivity contribution in [1.29, 1.82) is 0 Å². The molecule has 0 N–H and O–H groups in total. The van der Waals surface area contributed by atoms with Crippen LogP contribution < -0.4 is 0 Å². The van der Waals surface area contributed by atoms with Gasteiger partial charge in [-0.15, -0.1) is 23.5 Å². The van der Waals surface area contributed by atoms with Crippen LogP contribution in [0.5, 0.6) is 0 Å². The van der Waals surface area contributed by atoms with E-state index in [1.54, 1.807) is 4.91 Å². The highest BCUT2D eigenvalue weighted by atomic mass is 32.2. The lowest BCUT2D eigenvalue weighted by Gasteiger charge is -2.13. The topological polar surface area (TPSA) is 0 Å². The second kappa shape index (κ2) is 12.3. The van der Waals surface area contributed by atoms with Crippen LogP contribution in [-0.2, 0) is 0 Å². The summed E-state index contributed by atoms with van der Waals surface area (Å²) in [5.41, 5.74) is 0. The summed E-state index contributed by atoms with van der Waals surface area (Å²) in [7, 11) is 0. The number of hydrogen-bond acceptors (Lipinski definition) is 6. The summed E-state index contributed by atoms with van der Waals surface area (Å²) >= 11 is 12.9. The molecule has 1 unspecified atom stereocenters. The molecular formula is C18H30S6. The Balaban J connectivity index is 1.15. The summed E-state index contributed by atoms with van der Waals surface area (Å²) in [6.07, 6.45) is 6.00. The lowest BCUT2D eigenvalue weighted by atomic mass is 10.5. The van der Waals surface area contributed by atoms with Crippen LogP contribution in [0.4, 0.5) is 0 Å². The fourth-order valence-corrected chi connectivity index (χ4v) is 10.3. The molecule has 0 aromatic carbocycles. The van der Waals surface area contributed by atoms with Gasteiger partial charge in [0.1, 0.15) is 0 Å². The predicted molar refractivity (Wildman–Crippen MR) is 127 cm³/mol. The summed E-state index contributed by atoms with van der Waals surface area (Å²) in [6.45, 7) is 0. The molecule has 3 rings (SSSR count). The molecule has 0 saturated heterocycles. The maximum Gasteiger partial charge on any atom is 0.0253 e. The standard InChI is InChI=1S/C18H30S6/c1-2-15(1)9-19-5-6-21-11-17-12-22-13-18(14-24-17)23-8-7-20-10-16-3-4-16/h13,15-17H,1-12,14H2. The smallest absolute Gasteiger partial charge is 0.0253 e. The first-order valence-electron chi connectivity index (χ1n) is 9.18. The minimum atomic E-state index is 0.854. The van der Waals surface area contributed by atoms with E-state index in [0.717, 1.165) is 17.1 Å². The van der Waals surface area contributed by atoms with Crippen LogP contribution in [0.25, 0.3) is 0 Å². The maximum atomic E-state index is 2.46. The van der Waals surface area contributed by atoms with Crippen LogP contribution in [-0.4, -0.2) is 57.0 Å². The molecular weight excluding hydrogens is 409 g/mol. The van der Waals surface area contributed by atoms with Crippen molar-refractivity contribution in [2.45, 2.75) is 30.9 Å². The Bertz CT molecular complexity index is 378. The van der Waals surface area contributed by atoms with Gasteiger partial charge >= 0.3 is 0 Å². The second-order valence-electron chi connectivity index (χ2n) is 6.81. The summed E-state index contributed by atoms with van der Waals surface area (Å²) in [5.74, 6) is 14.3. The Hall–Kier alpha value is 1.84. The van der Waals surface area contributed by atoms with Crippen LogP contribution in [0.2, 0.25) is 0 Å². The highest BCUT2D eigenvalue weighted by Gasteiger charge is 2.21. The van der Waals surface area contributed by atoms with Crippen molar-refractivity contribution in [3.8, 4) is 0 Å². The lowest BCUT2D eigenvalue weighted by Crippen LogP contribution is -2.10. The average molecular weight is 439 g/mol. The van der Waals surface area contributed by atoms with E-state index in [2.05, 4.69) is 76.0 Å². The fraction of sp³-hybridized carbons (Fsp3) is 0.889. The summed E-state index contributed by atoms with van der Waals surface area (Å²) < 4.78 is 0. The van der Waals surface area contributed by atoms with Crippen LogP contribution in [0.1, 0.15) is 25.7 Å². The molecule has 2 saturated carbocycles.